The van der Waals surface area contributed by atoms with Gasteiger partial charge in [0.1, 0.15) is 10.7 Å². The number of rotatable bonds is 4. The maximum absolute atomic E-state index is 13.7. The number of carbonyl (C=O) groups is 1. The van der Waals surface area contributed by atoms with Crippen molar-refractivity contribution >= 4 is 16.0 Å². The Morgan fingerprint density at radius 3 is 2.48 bits per heavy atom. The van der Waals surface area contributed by atoms with Gasteiger partial charge < -0.3 is 10.0 Å². The highest BCUT2D eigenvalue weighted by Crippen LogP contribution is 2.17. The minimum atomic E-state index is -4.15. The molecule has 2 N–H and O–H groups in total. The van der Waals surface area contributed by atoms with Crippen molar-refractivity contribution in [3.05, 3.63) is 29.6 Å². The number of hydrazine groups is 1. The fourth-order valence-corrected chi connectivity index (χ4v) is 3.19. The lowest BCUT2D eigenvalue weighted by Crippen LogP contribution is -2.52. The van der Waals surface area contributed by atoms with Gasteiger partial charge in [0.15, 0.2) is 0 Å². The van der Waals surface area contributed by atoms with Crippen LogP contribution < -0.4 is 4.83 Å². The molecule has 1 aromatic carbocycles. The summed E-state index contributed by atoms with van der Waals surface area (Å²) < 4.78 is 38.1. The predicted molar refractivity (Wildman–Crippen MR) is 72.8 cm³/mol. The Balaban J connectivity index is 2.23. The van der Waals surface area contributed by atoms with Gasteiger partial charge in [0, 0.05) is 26.2 Å². The molecule has 1 saturated heterocycles. The number of piperazine rings is 1. The molecule has 0 atom stereocenters. The number of nitrogens with zero attached hydrogens (tertiary/aromatic N) is 2. The van der Waals surface area contributed by atoms with E-state index >= 15 is 0 Å². The van der Waals surface area contributed by atoms with Gasteiger partial charge in [-0.3, -0.25) is 0 Å². The Morgan fingerprint density at radius 1 is 1.29 bits per heavy atom. The third-order valence-electron chi connectivity index (χ3n) is 3.22. The molecule has 1 aliphatic heterocycles. The first-order valence-corrected chi connectivity index (χ1v) is 7.77. The number of hydrogen-bond acceptors (Lipinski definition) is 5. The zero-order chi connectivity index (χ0) is 15.6. The predicted octanol–water partition coefficient (Wildman–Crippen LogP) is -0.0354. The summed E-state index contributed by atoms with van der Waals surface area (Å²) in [5.74, 6) is -2.30. The summed E-state index contributed by atoms with van der Waals surface area (Å²) in [7, 11) is -2.23. The van der Waals surface area contributed by atoms with E-state index in [1.54, 1.807) is 0 Å². The molecule has 2 rings (SSSR count). The Morgan fingerprint density at radius 2 is 1.90 bits per heavy atom. The van der Waals surface area contributed by atoms with Gasteiger partial charge in [0.2, 0.25) is 0 Å². The molecule has 0 amide bonds. The Hall–Kier alpha value is -1.55. The standard InChI is InChI=1S/C12H16FN3O4S/c1-15-4-6-16(7-5-15)14-21(19,20)11-8-9(12(17)18)2-3-10(11)13/h2-3,8,14H,4-7H2,1H3,(H,17,18). The molecule has 0 radical (unpaired) electrons. The smallest absolute Gasteiger partial charge is 0.335 e. The van der Waals surface area contributed by atoms with Crippen LogP contribution in [0.15, 0.2) is 23.1 Å². The van der Waals surface area contributed by atoms with Gasteiger partial charge in [0.25, 0.3) is 10.0 Å². The average molecular weight is 317 g/mol. The van der Waals surface area contributed by atoms with Gasteiger partial charge in [-0.2, -0.15) is 0 Å². The lowest BCUT2D eigenvalue weighted by atomic mass is 10.2. The van der Waals surface area contributed by atoms with Gasteiger partial charge in [0.05, 0.1) is 5.56 Å². The van der Waals surface area contributed by atoms with Crippen LogP contribution in [-0.4, -0.2) is 62.6 Å². The molecule has 7 nitrogen and oxygen atoms in total. The monoisotopic (exact) mass is 317 g/mol. The third-order valence-corrected chi connectivity index (χ3v) is 4.61. The summed E-state index contributed by atoms with van der Waals surface area (Å²) in [4.78, 5) is 14.5. The number of carboxylic acids is 1. The van der Waals surface area contributed by atoms with E-state index in [1.165, 1.54) is 5.01 Å². The Bertz CT molecular complexity index is 642. The normalized spacial score (nSPS) is 17.8. The van der Waals surface area contributed by atoms with Crippen LogP contribution in [-0.2, 0) is 10.0 Å². The quantitative estimate of drug-likeness (QED) is 0.810. The number of likely N-dealkylation sites (N-methyl/N-ethyl adjacent to an activating group) is 1. The van der Waals surface area contributed by atoms with Crippen LogP contribution in [0, 0.1) is 5.82 Å². The fourth-order valence-electron chi connectivity index (χ4n) is 1.96. The van der Waals surface area contributed by atoms with Crippen LogP contribution in [0.3, 0.4) is 0 Å². The fraction of sp³-hybridized carbons (Fsp3) is 0.417. The van der Waals surface area contributed by atoms with E-state index < -0.39 is 26.7 Å². The summed E-state index contributed by atoms with van der Waals surface area (Å²) in [5, 5.41) is 10.3. The number of nitrogens with one attached hydrogen (secondary N) is 1. The van der Waals surface area contributed by atoms with Gasteiger partial charge in [-0.1, -0.05) is 0 Å². The van der Waals surface area contributed by atoms with E-state index in [0.29, 0.717) is 26.2 Å². The molecule has 1 aromatic rings. The number of aromatic carboxylic acids is 1. The van der Waals surface area contributed by atoms with Crippen molar-refractivity contribution in [2.24, 2.45) is 0 Å². The molecule has 9 heteroatoms. The van der Waals surface area contributed by atoms with Crippen molar-refractivity contribution in [3.63, 3.8) is 0 Å². The van der Waals surface area contributed by atoms with Crippen LogP contribution >= 0.6 is 0 Å². The van der Waals surface area contributed by atoms with E-state index in [4.69, 9.17) is 5.11 Å². The average Bonchev–Trinajstić information content (AvgIpc) is 2.41. The number of carboxylic acid groups (broad SMARTS) is 1. The molecule has 0 aromatic heterocycles. The molecule has 0 aliphatic carbocycles. The van der Waals surface area contributed by atoms with Crippen LogP contribution in [0.5, 0.6) is 0 Å². The second kappa shape index (κ2) is 6.06. The van der Waals surface area contributed by atoms with E-state index in [-0.39, 0.29) is 5.56 Å². The topological polar surface area (TPSA) is 90.0 Å². The molecule has 0 bridgehead atoms. The van der Waals surface area contributed by atoms with E-state index in [0.717, 1.165) is 18.2 Å². The van der Waals surface area contributed by atoms with Crippen molar-refractivity contribution in [1.29, 1.82) is 0 Å². The van der Waals surface area contributed by atoms with Crippen molar-refractivity contribution in [1.82, 2.24) is 14.7 Å². The zero-order valence-electron chi connectivity index (χ0n) is 11.4. The SMILES string of the molecule is CN1CCN(NS(=O)(=O)c2cc(C(=O)O)ccc2F)CC1. The van der Waals surface area contributed by atoms with Crippen molar-refractivity contribution < 1.29 is 22.7 Å². The lowest BCUT2D eigenvalue weighted by Gasteiger charge is -2.32. The lowest BCUT2D eigenvalue weighted by molar-refractivity contribution is 0.0696. The van der Waals surface area contributed by atoms with Crippen molar-refractivity contribution in [2.75, 3.05) is 33.2 Å². The van der Waals surface area contributed by atoms with Crippen LogP contribution in [0.4, 0.5) is 4.39 Å². The number of hydrogen-bond donors (Lipinski definition) is 2. The largest absolute Gasteiger partial charge is 0.478 e. The van der Waals surface area contributed by atoms with E-state index in [2.05, 4.69) is 4.83 Å². The van der Waals surface area contributed by atoms with Gasteiger partial charge >= 0.3 is 5.97 Å². The van der Waals surface area contributed by atoms with Gasteiger partial charge in [-0.25, -0.2) is 22.6 Å². The Kier molecular flexibility index (Phi) is 4.57. The summed E-state index contributed by atoms with van der Waals surface area (Å²) in [6, 6.07) is 2.67. The second-order valence-corrected chi connectivity index (χ2v) is 6.46. The summed E-state index contributed by atoms with van der Waals surface area (Å²) in [6.45, 7) is 2.30. The van der Waals surface area contributed by atoms with Crippen LogP contribution in [0.1, 0.15) is 10.4 Å². The highest BCUT2D eigenvalue weighted by atomic mass is 32.2. The number of sulfonamides is 1. The summed E-state index contributed by atoms with van der Waals surface area (Å²) in [5.41, 5.74) is -0.282. The summed E-state index contributed by atoms with van der Waals surface area (Å²) >= 11 is 0. The minimum absolute atomic E-state index is 0.282. The molecule has 21 heavy (non-hydrogen) atoms. The molecule has 0 spiro atoms. The first-order chi connectivity index (χ1) is 9.79. The zero-order valence-corrected chi connectivity index (χ0v) is 12.2. The maximum atomic E-state index is 13.7. The second-order valence-electron chi connectivity index (χ2n) is 4.84. The summed E-state index contributed by atoms with van der Waals surface area (Å²) in [6.07, 6.45) is 0. The van der Waals surface area contributed by atoms with E-state index in [1.807, 2.05) is 11.9 Å². The molecule has 0 unspecified atom stereocenters. The Labute approximate surface area is 122 Å². The molecule has 1 heterocycles. The number of halogens is 1. The van der Waals surface area contributed by atoms with Gasteiger partial charge in [-0.15, -0.1) is 4.83 Å². The van der Waals surface area contributed by atoms with Crippen LogP contribution in [0.2, 0.25) is 0 Å². The first kappa shape index (κ1) is 15.8. The number of benzene rings is 1. The first-order valence-electron chi connectivity index (χ1n) is 6.28. The highest BCUT2D eigenvalue weighted by molar-refractivity contribution is 7.89. The molecular formula is C12H16FN3O4S. The highest BCUT2D eigenvalue weighted by Gasteiger charge is 2.25. The van der Waals surface area contributed by atoms with Crippen molar-refractivity contribution in [3.8, 4) is 0 Å². The molecule has 1 aliphatic rings. The maximum Gasteiger partial charge on any atom is 0.335 e. The molecular weight excluding hydrogens is 301 g/mol. The molecule has 0 saturated carbocycles. The third kappa shape index (κ3) is 3.76. The molecule has 1 fully saturated rings. The molecule has 116 valence electrons. The van der Waals surface area contributed by atoms with Crippen molar-refractivity contribution in [2.45, 2.75) is 4.90 Å². The minimum Gasteiger partial charge on any atom is -0.478 e. The van der Waals surface area contributed by atoms with E-state index in [9.17, 15) is 17.6 Å². The van der Waals surface area contributed by atoms with Gasteiger partial charge in [-0.05, 0) is 25.2 Å². The van der Waals surface area contributed by atoms with Crippen LogP contribution in [0.25, 0.3) is 0 Å².